The van der Waals surface area contributed by atoms with Crippen LogP contribution in [0.15, 0.2) is 18.7 Å². The minimum absolute atomic E-state index is 0. The van der Waals surface area contributed by atoms with Crippen molar-refractivity contribution in [3.8, 4) is 0 Å². The van der Waals surface area contributed by atoms with E-state index in [0.29, 0.717) is 6.73 Å². The van der Waals surface area contributed by atoms with Gasteiger partial charge in [-0.25, -0.2) is 9.13 Å². The van der Waals surface area contributed by atoms with Gasteiger partial charge in [0.15, 0.2) is 13.0 Å². The molecule has 76 valence electrons. The summed E-state index contributed by atoms with van der Waals surface area (Å²) in [5.41, 5.74) is 0. The smallest absolute Gasteiger partial charge is 0.245 e. The Morgan fingerprint density at radius 3 is 2.69 bits per heavy atom. The van der Waals surface area contributed by atoms with Crippen molar-refractivity contribution in [1.82, 2.24) is 4.57 Å². The lowest BCUT2D eigenvalue weighted by atomic mass is 10.7. The van der Waals surface area contributed by atoms with Gasteiger partial charge in [-0.15, -0.1) is 0 Å². The fourth-order valence-electron chi connectivity index (χ4n) is 0.837. The van der Waals surface area contributed by atoms with Crippen LogP contribution in [0, 0.1) is 0 Å². The zero-order chi connectivity index (χ0) is 8.97. The molecule has 13 heavy (non-hydrogen) atoms. The second-order valence-corrected chi connectivity index (χ2v) is 2.69. The van der Waals surface area contributed by atoms with Gasteiger partial charge in [0.05, 0.1) is 7.05 Å². The van der Waals surface area contributed by atoms with E-state index >= 15 is 0 Å². The topological polar surface area (TPSA) is 27.3 Å². The normalized spacial score (nSPS) is 12.2. The van der Waals surface area contributed by atoms with Crippen molar-refractivity contribution in [3.05, 3.63) is 18.7 Å². The molecule has 0 bridgehead atoms. The average molecular weight is 207 g/mol. The quantitative estimate of drug-likeness (QED) is 0.396. The Bertz CT molecular complexity index is 240. The van der Waals surface area contributed by atoms with Crippen LogP contribution in [0.5, 0.6) is 0 Å². The molecule has 5 heteroatoms. The monoisotopic (exact) mass is 206 g/mol. The third-order valence-electron chi connectivity index (χ3n) is 1.61. The highest BCUT2D eigenvalue weighted by molar-refractivity contribution is 4.63. The highest BCUT2D eigenvalue weighted by Gasteiger charge is 2.02. The Hall–Kier alpha value is -0.580. The molecule has 0 saturated heterocycles. The molecule has 0 amide bonds. The molecule has 1 unspecified atom stereocenters. The van der Waals surface area contributed by atoms with Gasteiger partial charge in [-0.2, -0.15) is 0 Å². The summed E-state index contributed by atoms with van der Waals surface area (Å²) >= 11 is 0. The minimum Gasteiger partial charge on any atom is -1.00 e. The number of ether oxygens (including phenoxy) is 2. The fraction of sp³-hybridized carbons (Fsp3) is 0.625. The van der Waals surface area contributed by atoms with Crippen LogP contribution in [0.2, 0.25) is 0 Å². The second kappa shape index (κ2) is 5.96. The van der Waals surface area contributed by atoms with Crippen LogP contribution in [0.3, 0.4) is 0 Å². The number of nitrogens with zero attached hydrogens (tertiary/aromatic N) is 2. The molecule has 0 aliphatic heterocycles. The van der Waals surface area contributed by atoms with Crippen LogP contribution in [-0.2, 0) is 23.3 Å². The Morgan fingerprint density at radius 2 is 2.23 bits per heavy atom. The van der Waals surface area contributed by atoms with Crippen molar-refractivity contribution in [3.63, 3.8) is 0 Å². The van der Waals surface area contributed by atoms with Crippen molar-refractivity contribution in [1.29, 1.82) is 0 Å². The molecule has 1 heterocycles. The van der Waals surface area contributed by atoms with Gasteiger partial charge < -0.3 is 21.9 Å². The molecule has 0 N–H and O–H groups in total. The van der Waals surface area contributed by atoms with E-state index in [-0.39, 0.29) is 18.7 Å². The zero-order valence-corrected chi connectivity index (χ0v) is 8.86. The summed E-state index contributed by atoms with van der Waals surface area (Å²) in [6.07, 6.45) is 5.70. The molecule has 0 aromatic carbocycles. The van der Waals surface area contributed by atoms with Crippen molar-refractivity contribution >= 4 is 0 Å². The van der Waals surface area contributed by atoms with Crippen LogP contribution in [-0.4, -0.2) is 18.0 Å². The number of methoxy groups -OCH3 is 1. The number of rotatable bonds is 4. The Balaban J connectivity index is 0.00000144. The van der Waals surface area contributed by atoms with Gasteiger partial charge in [0, 0.05) is 7.11 Å². The Morgan fingerprint density at radius 1 is 1.54 bits per heavy atom. The summed E-state index contributed by atoms with van der Waals surface area (Å²) in [7, 11) is 3.59. The first-order valence-electron chi connectivity index (χ1n) is 3.88. The third kappa shape index (κ3) is 4.26. The predicted molar refractivity (Wildman–Crippen MR) is 43.2 cm³/mol. The molecule has 1 aromatic heterocycles. The van der Waals surface area contributed by atoms with Crippen LogP contribution >= 0.6 is 0 Å². The number of hydrogen-bond acceptors (Lipinski definition) is 2. The van der Waals surface area contributed by atoms with Gasteiger partial charge in [0.25, 0.3) is 0 Å². The first kappa shape index (κ1) is 12.4. The Labute approximate surface area is 84.5 Å². The second-order valence-electron chi connectivity index (χ2n) is 2.69. The lowest BCUT2D eigenvalue weighted by molar-refractivity contribution is -0.671. The number of hydrogen-bond donors (Lipinski definition) is 0. The van der Waals surface area contributed by atoms with Gasteiger partial charge in [-0.3, -0.25) is 0 Å². The minimum atomic E-state index is -0.155. The molecular weight excluding hydrogens is 192 g/mol. The van der Waals surface area contributed by atoms with Crippen molar-refractivity contribution in [2.75, 3.05) is 7.11 Å². The van der Waals surface area contributed by atoms with Crippen LogP contribution in [0.4, 0.5) is 0 Å². The van der Waals surface area contributed by atoms with E-state index in [0.717, 1.165) is 0 Å². The maximum atomic E-state index is 5.32. The standard InChI is InChI=1S/C8H15N2O2.ClH/c1-8(11-3)12-7-10-5-4-9(2)6-10;/h4-6,8H,7H2,1-3H3;1H/q+1;/p-1. The Kier molecular flexibility index (Phi) is 5.70. The largest absolute Gasteiger partial charge is 1.00 e. The summed E-state index contributed by atoms with van der Waals surface area (Å²) in [6, 6.07) is 0. The number of imidazole rings is 1. The third-order valence-corrected chi connectivity index (χ3v) is 1.61. The lowest BCUT2D eigenvalue weighted by Gasteiger charge is -2.07. The summed E-state index contributed by atoms with van der Waals surface area (Å²) < 4.78 is 14.2. The SMILES string of the molecule is COC(C)OCn1cc[n+](C)c1.[Cl-]. The molecule has 1 rings (SSSR count). The molecule has 0 spiro atoms. The van der Waals surface area contributed by atoms with Gasteiger partial charge in [0.1, 0.15) is 12.4 Å². The first-order chi connectivity index (χ1) is 5.72. The molecular formula is C8H15ClN2O2. The van der Waals surface area contributed by atoms with Gasteiger partial charge in [-0.05, 0) is 6.92 Å². The van der Waals surface area contributed by atoms with E-state index < -0.39 is 0 Å². The van der Waals surface area contributed by atoms with E-state index in [2.05, 4.69) is 0 Å². The van der Waals surface area contributed by atoms with E-state index in [4.69, 9.17) is 9.47 Å². The van der Waals surface area contributed by atoms with Crippen LogP contribution in [0.25, 0.3) is 0 Å². The highest BCUT2D eigenvalue weighted by Crippen LogP contribution is 1.93. The van der Waals surface area contributed by atoms with E-state index in [1.165, 1.54) is 0 Å². The number of aryl methyl sites for hydroxylation is 1. The summed E-state index contributed by atoms with van der Waals surface area (Å²) in [4.78, 5) is 0. The number of halogens is 1. The summed E-state index contributed by atoms with van der Waals surface area (Å²) in [5, 5.41) is 0. The van der Waals surface area contributed by atoms with Crippen molar-refractivity contribution < 1.29 is 26.4 Å². The van der Waals surface area contributed by atoms with E-state index in [1.54, 1.807) is 7.11 Å². The van der Waals surface area contributed by atoms with Crippen molar-refractivity contribution in [2.24, 2.45) is 7.05 Å². The molecule has 0 aliphatic carbocycles. The van der Waals surface area contributed by atoms with Crippen LogP contribution in [0.1, 0.15) is 6.92 Å². The van der Waals surface area contributed by atoms with Gasteiger partial charge in [0.2, 0.25) is 6.33 Å². The highest BCUT2D eigenvalue weighted by atomic mass is 35.5. The zero-order valence-electron chi connectivity index (χ0n) is 8.11. The lowest BCUT2D eigenvalue weighted by Crippen LogP contribution is -3.00. The molecule has 1 aromatic rings. The maximum Gasteiger partial charge on any atom is 0.245 e. The number of aromatic nitrogens is 2. The average Bonchev–Trinajstić information content (AvgIpc) is 2.47. The first-order valence-corrected chi connectivity index (χ1v) is 3.88. The molecule has 0 aliphatic rings. The molecule has 0 saturated carbocycles. The molecule has 0 fully saturated rings. The molecule has 1 atom stereocenters. The summed E-state index contributed by atoms with van der Waals surface area (Å²) in [6.45, 7) is 2.39. The van der Waals surface area contributed by atoms with E-state index in [9.17, 15) is 0 Å². The van der Waals surface area contributed by atoms with Crippen molar-refractivity contribution in [2.45, 2.75) is 19.9 Å². The van der Waals surface area contributed by atoms with Crippen LogP contribution < -0.4 is 17.0 Å². The summed E-state index contributed by atoms with van der Waals surface area (Å²) in [5.74, 6) is 0. The predicted octanol–water partition coefficient (Wildman–Crippen LogP) is -2.72. The molecule has 4 nitrogen and oxygen atoms in total. The van der Waals surface area contributed by atoms with Gasteiger partial charge in [-0.1, -0.05) is 0 Å². The molecule has 0 radical (unpaired) electrons. The maximum absolute atomic E-state index is 5.32. The fourth-order valence-corrected chi connectivity index (χ4v) is 0.837. The van der Waals surface area contributed by atoms with E-state index in [1.807, 2.05) is 41.8 Å². The van der Waals surface area contributed by atoms with Gasteiger partial charge >= 0.3 is 0 Å².